The van der Waals surface area contributed by atoms with Crippen LogP contribution < -0.4 is 5.32 Å². The van der Waals surface area contributed by atoms with Crippen LogP contribution in [0.2, 0.25) is 0 Å². The molecule has 0 bridgehead atoms. The van der Waals surface area contributed by atoms with Gasteiger partial charge in [0.25, 0.3) is 0 Å². The minimum atomic E-state index is -0.118. The molecule has 0 radical (unpaired) electrons. The highest BCUT2D eigenvalue weighted by molar-refractivity contribution is 7.09. The molecule has 2 rings (SSSR count). The number of rotatable bonds is 5. The van der Waals surface area contributed by atoms with Crippen molar-refractivity contribution in [2.24, 2.45) is 5.92 Å². The van der Waals surface area contributed by atoms with Crippen LogP contribution in [0.3, 0.4) is 0 Å². The van der Waals surface area contributed by atoms with E-state index in [1.807, 2.05) is 18.4 Å². The van der Waals surface area contributed by atoms with Crippen LogP contribution in [0.15, 0.2) is 17.5 Å². The SMILES string of the molecule is CNC1C(CN(C)Cc2cccs2)C(C)(C)OC1(C)C. The van der Waals surface area contributed by atoms with Crippen LogP contribution in [0, 0.1) is 5.92 Å². The molecule has 20 heavy (non-hydrogen) atoms. The minimum absolute atomic E-state index is 0.0963. The Balaban J connectivity index is 2.06. The summed E-state index contributed by atoms with van der Waals surface area (Å²) in [7, 11) is 4.25. The number of nitrogens with zero attached hydrogens (tertiary/aromatic N) is 1. The highest BCUT2D eigenvalue weighted by atomic mass is 32.1. The van der Waals surface area contributed by atoms with Crippen molar-refractivity contribution < 1.29 is 4.74 Å². The lowest BCUT2D eigenvalue weighted by Crippen LogP contribution is -2.49. The zero-order chi connectivity index (χ0) is 15.0. The molecule has 1 aromatic heterocycles. The molecule has 0 aromatic carbocycles. The molecule has 1 aliphatic rings. The zero-order valence-electron chi connectivity index (χ0n) is 13.6. The maximum atomic E-state index is 6.30. The number of likely N-dealkylation sites (N-methyl/N-ethyl adjacent to an activating group) is 1. The van der Waals surface area contributed by atoms with Gasteiger partial charge in [-0.3, -0.25) is 0 Å². The van der Waals surface area contributed by atoms with Gasteiger partial charge in [0, 0.05) is 29.9 Å². The normalized spacial score (nSPS) is 28.1. The number of nitrogens with one attached hydrogen (secondary N) is 1. The van der Waals surface area contributed by atoms with Gasteiger partial charge in [0.2, 0.25) is 0 Å². The van der Waals surface area contributed by atoms with Gasteiger partial charge in [0.1, 0.15) is 0 Å². The fraction of sp³-hybridized carbons (Fsp3) is 0.750. The lowest BCUT2D eigenvalue weighted by Gasteiger charge is -2.32. The summed E-state index contributed by atoms with van der Waals surface area (Å²) in [5, 5.41) is 5.62. The maximum Gasteiger partial charge on any atom is 0.0790 e. The third-order valence-electron chi connectivity index (χ3n) is 4.40. The molecule has 0 saturated carbocycles. The third kappa shape index (κ3) is 3.25. The van der Waals surface area contributed by atoms with Crippen molar-refractivity contribution in [3.8, 4) is 0 Å². The lowest BCUT2D eigenvalue weighted by molar-refractivity contribution is -0.0791. The predicted octanol–water partition coefficient (Wildman–Crippen LogP) is 2.97. The fourth-order valence-corrected chi connectivity index (χ4v) is 4.43. The molecule has 0 amide bonds. The maximum absolute atomic E-state index is 6.30. The monoisotopic (exact) mass is 296 g/mol. The lowest BCUT2D eigenvalue weighted by atomic mass is 9.82. The molecule has 1 fully saturated rings. The average Bonchev–Trinajstić information content (AvgIpc) is 2.84. The van der Waals surface area contributed by atoms with Crippen LogP contribution in [0.1, 0.15) is 32.6 Å². The summed E-state index contributed by atoms with van der Waals surface area (Å²) in [6.07, 6.45) is 0. The second-order valence-electron chi connectivity index (χ2n) is 6.96. The molecule has 0 spiro atoms. The number of hydrogen-bond acceptors (Lipinski definition) is 4. The Bertz CT molecular complexity index is 428. The van der Waals surface area contributed by atoms with E-state index in [0.29, 0.717) is 12.0 Å². The van der Waals surface area contributed by atoms with Gasteiger partial charge < -0.3 is 15.0 Å². The van der Waals surface area contributed by atoms with Crippen LogP contribution in [0.25, 0.3) is 0 Å². The van der Waals surface area contributed by atoms with Gasteiger partial charge in [-0.1, -0.05) is 6.07 Å². The molecule has 3 nitrogen and oxygen atoms in total. The zero-order valence-corrected chi connectivity index (χ0v) is 14.4. The third-order valence-corrected chi connectivity index (χ3v) is 5.26. The molecule has 1 N–H and O–H groups in total. The molecule has 2 unspecified atom stereocenters. The van der Waals surface area contributed by atoms with E-state index in [0.717, 1.165) is 13.1 Å². The average molecular weight is 296 g/mol. The van der Waals surface area contributed by atoms with Gasteiger partial charge >= 0.3 is 0 Å². The van der Waals surface area contributed by atoms with E-state index in [9.17, 15) is 0 Å². The summed E-state index contributed by atoms with van der Waals surface area (Å²) in [6.45, 7) is 10.9. The van der Waals surface area contributed by atoms with Crippen LogP contribution in [0.5, 0.6) is 0 Å². The van der Waals surface area contributed by atoms with E-state index in [-0.39, 0.29) is 11.2 Å². The summed E-state index contributed by atoms with van der Waals surface area (Å²) in [4.78, 5) is 3.83. The first kappa shape index (κ1) is 16.0. The molecule has 114 valence electrons. The summed E-state index contributed by atoms with van der Waals surface area (Å²) in [5.74, 6) is 0.479. The highest BCUT2D eigenvalue weighted by Crippen LogP contribution is 2.42. The Morgan fingerprint density at radius 2 is 2.00 bits per heavy atom. The number of ether oxygens (including phenoxy) is 1. The summed E-state index contributed by atoms with van der Waals surface area (Å²) in [5.41, 5.74) is -0.215. The Morgan fingerprint density at radius 1 is 1.30 bits per heavy atom. The Hall–Kier alpha value is -0.420. The first-order chi connectivity index (χ1) is 9.26. The van der Waals surface area contributed by atoms with E-state index in [4.69, 9.17) is 4.74 Å². The largest absolute Gasteiger partial charge is 0.368 e. The van der Waals surface area contributed by atoms with Crippen LogP contribution in [0.4, 0.5) is 0 Å². The van der Waals surface area contributed by atoms with Crippen molar-refractivity contribution in [3.63, 3.8) is 0 Å². The highest BCUT2D eigenvalue weighted by Gasteiger charge is 2.53. The van der Waals surface area contributed by atoms with E-state index < -0.39 is 0 Å². The van der Waals surface area contributed by atoms with Crippen LogP contribution in [-0.4, -0.2) is 42.8 Å². The standard InChI is InChI=1S/C16H28N2OS/c1-15(2)13(14(17-5)16(3,4)19-15)11-18(6)10-12-8-7-9-20-12/h7-9,13-14,17H,10-11H2,1-6H3. The van der Waals surface area contributed by atoms with E-state index in [1.54, 1.807) is 0 Å². The van der Waals surface area contributed by atoms with Gasteiger partial charge in [0.05, 0.1) is 11.2 Å². The van der Waals surface area contributed by atoms with Crippen molar-refractivity contribution in [1.82, 2.24) is 10.2 Å². The number of thiophene rings is 1. The summed E-state index contributed by atoms with van der Waals surface area (Å²) >= 11 is 1.83. The first-order valence-corrected chi connectivity index (χ1v) is 8.22. The van der Waals surface area contributed by atoms with E-state index in [1.165, 1.54) is 4.88 Å². The fourth-order valence-electron chi connectivity index (χ4n) is 3.65. The van der Waals surface area contributed by atoms with Gasteiger partial charge in [-0.25, -0.2) is 0 Å². The quantitative estimate of drug-likeness (QED) is 0.904. The van der Waals surface area contributed by atoms with Crippen molar-refractivity contribution in [2.45, 2.75) is 51.5 Å². The molecule has 2 atom stereocenters. The topological polar surface area (TPSA) is 24.5 Å². The molecule has 4 heteroatoms. The Labute approximate surface area is 127 Å². The van der Waals surface area contributed by atoms with Crippen molar-refractivity contribution in [2.75, 3.05) is 20.6 Å². The summed E-state index contributed by atoms with van der Waals surface area (Å²) in [6, 6.07) is 4.70. The molecular formula is C16H28N2OS. The van der Waals surface area contributed by atoms with Crippen molar-refractivity contribution in [3.05, 3.63) is 22.4 Å². The Morgan fingerprint density at radius 3 is 2.55 bits per heavy atom. The predicted molar refractivity (Wildman–Crippen MR) is 86.2 cm³/mol. The minimum Gasteiger partial charge on any atom is -0.368 e. The second kappa shape index (κ2) is 5.76. The smallest absolute Gasteiger partial charge is 0.0790 e. The summed E-state index contributed by atoms with van der Waals surface area (Å²) < 4.78 is 6.30. The molecule has 1 saturated heterocycles. The van der Waals surface area contributed by atoms with E-state index in [2.05, 4.69) is 62.5 Å². The van der Waals surface area contributed by atoms with Gasteiger partial charge in [-0.05, 0) is 53.2 Å². The molecular weight excluding hydrogens is 268 g/mol. The van der Waals surface area contributed by atoms with Gasteiger partial charge in [-0.15, -0.1) is 11.3 Å². The molecule has 0 aliphatic carbocycles. The molecule has 1 aliphatic heterocycles. The molecule has 1 aromatic rings. The van der Waals surface area contributed by atoms with Crippen LogP contribution >= 0.6 is 11.3 Å². The van der Waals surface area contributed by atoms with Crippen LogP contribution in [-0.2, 0) is 11.3 Å². The first-order valence-electron chi connectivity index (χ1n) is 7.34. The second-order valence-corrected chi connectivity index (χ2v) is 7.99. The molecule has 2 heterocycles. The number of hydrogen-bond donors (Lipinski definition) is 1. The van der Waals surface area contributed by atoms with Crippen molar-refractivity contribution >= 4 is 11.3 Å². The van der Waals surface area contributed by atoms with E-state index >= 15 is 0 Å². The Kier molecular flexibility index (Phi) is 4.59. The van der Waals surface area contributed by atoms with Gasteiger partial charge in [0.15, 0.2) is 0 Å². The van der Waals surface area contributed by atoms with Crippen molar-refractivity contribution in [1.29, 1.82) is 0 Å². The van der Waals surface area contributed by atoms with Gasteiger partial charge in [-0.2, -0.15) is 0 Å².